The molecule has 1 heterocycles. The molecule has 0 fully saturated rings. The van der Waals surface area contributed by atoms with E-state index in [4.69, 9.17) is 0 Å². The molecule has 8 nitrogen and oxygen atoms in total. The zero-order chi connectivity index (χ0) is 25.3. The van der Waals surface area contributed by atoms with Crippen LogP contribution < -0.4 is 5.32 Å². The molecule has 0 atom stereocenters. The SMILES string of the molecule is COC(=O)c1ccc(C(F)(F)F)c(-c2cccc(NC(=O)c3cc4ccc([N+](=O)[O-])cc4[nH]3)c2)c1. The van der Waals surface area contributed by atoms with Gasteiger partial charge in [0.15, 0.2) is 0 Å². The lowest BCUT2D eigenvalue weighted by atomic mass is 9.96. The Hall–Kier alpha value is -4.67. The van der Waals surface area contributed by atoms with Crippen LogP contribution in [0.25, 0.3) is 22.0 Å². The summed E-state index contributed by atoms with van der Waals surface area (Å²) >= 11 is 0. The van der Waals surface area contributed by atoms with E-state index >= 15 is 0 Å². The fourth-order valence-corrected chi connectivity index (χ4v) is 3.59. The zero-order valence-corrected chi connectivity index (χ0v) is 18.0. The van der Waals surface area contributed by atoms with E-state index in [-0.39, 0.29) is 33.8 Å². The number of hydrogen-bond donors (Lipinski definition) is 2. The first kappa shape index (κ1) is 23.5. The molecule has 1 amide bonds. The van der Waals surface area contributed by atoms with Crippen LogP contribution >= 0.6 is 0 Å². The number of aromatic amines is 1. The number of nitro groups is 1. The number of aromatic nitrogens is 1. The fraction of sp³-hybridized carbons (Fsp3) is 0.0833. The quantitative estimate of drug-likeness (QED) is 0.212. The molecular formula is C24H16F3N3O5. The third-order valence-corrected chi connectivity index (χ3v) is 5.24. The molecule has 0 radical (unpaired) electrons. The Morgan fingerprint density at radius 1 is 1.03 bits per heavy atom. The highest BCUT2D eigenvalue weighted by Crippen LogP contribution is 2.38. The Bertz CT molecular complexity index is 1480. The molecule has 178 valence electrons. The van der Waals surface area contributed by atoms with Crippen LogP contribution in [0.2, 0.25) is 0 Å². The average molecular weight is 483 g/mol. The number of anilines is 1. The van der Waals surface area contributed by atoms with Crippen LogP contribution in [0.1, 0.15) is 26.4 Å². The number of halogens is 3. The smallest absolute Gasteiger partial charge is 0.417 e. The summed E-state index contributed by atoms with van der Waals surface area (Å²) in [5, 5.41) is 14.1. The largest absolute Gasteiger partial charge is 0.465 e. The van der Waals surface area contributed by atoms with Crippen LogP contribution in [0, 0.1) is 10.1 Å². The third kappa shape index (κ3) is 4.83. The van der Waals surface area contributed by atoms with Crippen molar-refractivity contribution >= 4 is 34.2 Å². The van der Waals surface area contributed by atoms with Crippen LogP contribution in [0.5, 0.6) is 0 Å². The number of alkyl halides is 3. The Kier molecular flexibility index (Phi) is 6.00. The van der Waals surface area contributed by atoms with Crippen LogP contribution in [0.3, 0.4) is 0 Å². The number of hydrogen-bond acceptors (Lipinski definition) is 5. The average Bonchev–Trinajstić information content (AvgIpc) is 3.26. The second-order valence-electron chi connectivity index (χ2n) is 7.50. The first-order valence-electron chi connectivity index (χ1n) is 10.1. The molecule has 4 rings (SSSR count). The predicted octanol–water partition coefficient (Wildman–Crippen LogP) is 5.80. The highest BCUT2D eigenvalue weighted by molar-refractivity contribution is 6.06. The molecule has 0 bridgehead atoms. The van der Waals surface area contributed by atoms with Gasteiger partial charge in [-0.05, 0) is 53.6 Å². The van der Waals surface area contributed by atoms with Gasteiger partial charge < -0.3 is 15.0 Å². The minimum absolute atomic E-state index is 0.0582. The van der Waals surface area contributed by atoms with Gasteiger partial charge in [-0.3, -0.25) is 14.9 Å². The van der Waals surface area contributed by atoms with Crippen LogP contribution in [-0.2, 0) is 10.9 Å². The van der Waals surface area contributed by atoms with Crippen LogP contribution in [0.4, 0.5) is 24.5 Å². The summed E-state index contributed by atoms with van der Waals surface area (Å²) in [7, 11) is 1.12. The molecule has 0 saturated carbocycles. The minimum Gasteiger partial charge on any atom is -0.465 e. The van der Waals surface area contributed by atoms with E-state index in [0.29, 0.717) is 10.9 Å². The Balaban J connectivity index is 1.67. The molecule has 1 aromatic heterocycles. The monoisotopic (exact) mass is 483 g/mol. The Morgan fingerprint density at radius 3 is 2.49 bits per heavy atom. The van der Waals surface area contributed by atoms with Gasteiger partial charge >= 0.3 is 12.1 Å². The van der Waals surface area contributed by atoms with Gasteiger partial charge in [0.05, 0.1) is 28.7 Å². The van der Waals surface area contributed by atoms with E-state index in [2.05, 4.69) is 15.0 Å². The highest BCUT2D eigenvalue weighted by Gasteiger charge is 2.34. The number of benzene rings is 3. The molecule has 0 aliphatic carbocycles. The van der Waals surface area contributed by atoms with Gasteiger partial charge in [-0.25, -0.2) is 4.79 Å². The molecule has 35 heavy (non-hydrogen) atoms. The van der Waals surface area contributed by atoms with E-state index in [1.807, 2.05) is 0 Å². The molecular weight excluding hydrogens is 467 g/mol. The van der Waals surface area contributed by atoms with Crippen molar-refractivity contribution in [3.8, 4) is 11.1 Å². The molecule has 3 aromatic carbocycles. The first-order chi connectivity index (χ1) is 16.6. The van der Waals surface area contributed by atoms with Gasteiger partial charge in [-0.15, -0.1) is 0 Å². The van der Waals surface area contributed by atoms with Gasteiger partial charge in [0, 0.05) is 23.2 Å². The lowest BCUT2D eigenvalue weighted by molar-refractivity contribution is -0.384. The van der Waals surface area contributed by atoms with Crippen molar-refractivity contribution < 1.29 is 32.4 Å². The standard InChI is InChI=1S/C24H16F3N3O5/c1-35-23(32)15-6-8-19(24(25,26)27)18(10-15)13-3-2-4-16(9-13)28-22(31)21-11-14-5-7-17(30(33)34)12-20(14)29-21/h2-12,29H,1H3,(H,28,31). The summed E-state index contributed by atoms with van der Waals surface area (Å²) in [6.07, 6.45) is -4.68. The van der Waals surface area contributed by atoms with Crippen molar-refractivity contribution in [1.29, 1.82) is 0 Å². The summed E-state index contributed by atoms with van der Waals surface area (Å²) in [5.74, 6) is -1.39. The molecule has 0 aliphatic rings. The van der Waals surface area contributed by atoms with Gasteiger partial charge in [-0.1, -0.05) is 12.1 Å². The van der Waals surface area contributed by atoms with Crippen molar-refractivity contribution in [1.82, 2.24) is 4.98 Å². The number of methoxy groups -OCH3 is 1. The minimum atomic E-state index is -4.68. The normalized spacial score (nSPS) is 11.3. The van der Waals surface area contributed by atoms with Gasteiger partial charge in [0.2, 0.25) is 0 Å². The van der Waals surface area contributed by atoms with Crippen molar-refractivity contribution in [2.45, 2.75) is 6.18 Å². The lowest BCUT2D eigenvalue weighted by Gasteiger charge is -2.15. The van der Waals surface area contributed by atoms with Crippen molar-refractivity contribution in [2.75, 3.05) is 12.4 Å². The van der Waals surface area contributed by atoms with E-state index in [1.165, 1.54) is 48.5 Å². The number of carbonyl (C=O) groups is 2. The number of amides is 1. The maximum Gasteiger partial charge on any atom is 0.417 e. The number of carbonyl (C=O) groups excluding carboxylic acids is 2. The second kappa shape index (κ2) is 8.93. The summed E-state index contributed by atoms with van der Waals surface area (Å²) < 4.78 is 45.5. The summed E-state index contributed by atoms with van der Waals surface area (Å²) in [6, 6.07) is 14.2. The van der Waals surface area contributed by atoms with Crippen LogP contribution in [0.15, 0.2) is 66.7 Å². The number of nitro benzene ring substituents is 1. The maximum atomic E-state index is 13.6. The van der Waals surface area contributed by atoms with Crippen molar-refractivity contribution in [2.24, 2.45) is 0 Å². The second-order valence-corrected chi connectivity index (χ2v) is 7.50. The Morgan fingerprint density at radius 2 is 1.80 bits per heavy atom. The number of fused-ring (bicyclic) bond motifs is 1. The van der Waals surface area contributed by atoms with Crippen molar-refractivity contribution in [3.63, 3.8) is 0 Å². The van der Waals surface area contributed by atoms with E-state index in [0.717, 1.165) is 25.3 Å². The number of rotatable bonds is 5. The molecule has 0 aliphatic heterocycles. The predicted molar refractivity (Wildman–Crippen MR) is 121 cm³/mol. The lowest BCUT2D eigenvalue weighted by Crippen LogP contribution is -2.12. The van der Waals surface area contributed by atoms with E-state index < -0.39 is 28.5 Å². The molecule has 11 heteroatoms. The number of H-pyrrole nitrogens is 1. The summed E-state index contributed by atoms with van der Waals surface area (Å²) in [4.78, 5) is 37.8. The zero-order valence-electron chi connectivity index (χ0n) is 18.0. The third-order valence-electron chi connectivity index (χ3n) is 5.24. The Labute approximate surface area is 195 Å². The van der Waals surface area contributed by atoms with Gasteiger partial charge in [0.25, 0.3) is 11.6 Å². The molecule has 4 aromatic rings. The number of nitrogens with zero attached hydrogens (tertiary/aromatic N) is 1. The number of ether oxygens (including phenoxy) is 1. The van der Waals surface area contributed by atoms with Crippen LogP contribution in [-0.4, -0.2) is 28.9 Å². The molecule has 0 saturated heterocycles. The van der Waals surface area contributed by atoms with Gasteiger partial charge in [-0.2, -0.15) is 13.2 Å². The number of nitrogens with one attached hydrogen (secondary N) is 2. The van der Waals surface area contributed by atoms with E-state index in [9.17, 15) is 32.9 Å². The van der Waals surface area contributed by atoms with E-state index in [1.54, 1.807) is 0 Å². The molecule has 0 spiro atoms. The van der Waals surface area contributed by atoms with Crippen molar-refractivity contribution in [3.05, 3.63) is 93.7 Å². The number of non-ortho nitro benzene ring substituents is 1. The van der Waals surface area contributed by atoms with Gasteiger partial charge in [0.1, 0.15) is 5.69 Å². The highest BCUT2D eigenvalue weighted by atomic mass is 19.4. The topological polar surface area (TPSA) is 114 Å². The molecule has 2 N–H and O–H groups in total. The molecule has 0 unspecified atom stereocenters. The maximum absolute atomic E-state index is 13.6. The summed E-state index contributed by atoms with van der Waals surface area (Å²) in [5.41, 5.74) is -0.602. The first-order valence-corrected chi connectivity index (χ1v) is 10.1. The summed E-state index contributed by atoms with van der Waals surface area (Å²) in [6.45, 7) is 0. The fourth-order valence-electron chi connectivity index (χ4n) is 3.59. The number of esters is 1.